The van der Waals surface area contributed by atoms with Gasteiger partial charge in [-0.1, -0.05) is 19.3 Å². The van der Waals surface area contributed by atoms with Crippen LogP contribution < -0.4 is 0 Å². The van der Waals surface area contributed by atoms with Crippen molar-refractivity contribution >= 4 is 19.9 Å². The van der Waals surface area contributed by atoms with Gasteiger partial charge in [-0.2, -0.15) is 11.1 Å². The van der Waals surface area contributed by atoms with Gasteiger partial charge in [-0.15, -0.1) is 0 Å². The molecule has 11 heavy (non-hydrogen) atoms. The minimum absolute atomic E-state index is 0.429. The summed E-state index contributed by atoms with van der Waals surface area (Å²) in [5.41, 5.74) is 0. The summed E-state index contributed by atoms with van der Waals surface area (Å²) in [5.74, 6) is 0.830. The van der Waals surface area contributed by atoms with E-state index in [2.05, 4.69) is 0 Å². The Morgan fingerprint density at radius 3 is 2.64 bits per heavy atom. The Kier molecular flexibility index (Phi) is 5.24. The Morgan fingerprint density at radius 1 is 1.27 bits per heavy atom. The number of rotatable bonds is 4. The molecule has 0 saturated heterocycles. The summed E-state index contributed by atoms with van der Waals surface area (Å²) in [6.45, 7) is 0.944. The van der Waals surface area contributed by atoms with Crippen LogP contribution in [0.3, 0.4) is 0 Å². The molecule has 1 rings (SSSR count). The molecule has 0 heterocycles. The van der Waals surface area contributed by atoms with E-state index in [1.807, 2.05) is 0 Å². The van der Waals surface area contributed by atoms with Crippen molar-refractivity contribution in [2.24, 2.45) is 5.92 Å². The highest BCUT2D eigenvalue weighted by atomic mass is 35.6. The maximum Gasteiger partial charge on any atom is 0.202 e. The molecule has 1 nitrogen and oxygen atoms in total. The van der Waals surface area contributed by atoms with Crippen molar-refractivity contribution in [3.05, 3.63) is 0 Å². The molecule has 3 heteroatoms. The lowest BCUT2D eigenvalue weighted by Gasteiger charge is -2.20. The number of hydrogen-bond donors (Lipinski definition) is 0. The van der Waals surface area contributed by atoms with Gasteiger partial charge < -0.3 is 4.74 Å². The van der Waals surface area contributed by atoms with Crippen LogP contribution in [-0.2, 0) is 4.74 Å². The van der Waals surface area contributed by atoms with Crippen LogP contribution >= 0.6 is 11.1 Å². The van der Waals surface area contributed by atoms with Gasteiger partial charge in [0.15, 0.2) is 0 Å². The van der Waals surface area contributed by atoms with Gasteiger partial charge in [-0.3, -0.25) is 0 Å². The summed E-state index contributed by atoms with van der Waals surface area (Å²) in [6, 6.07) is 0. The van der Waals surface area contributed by atoms with Crippen LogP contribution in [0, 0.1) is 5.92 Å². The predicted molar refractivity (Wildman–Crippen MR) is 49.0 cm³/mol. The fraction of sp³-hybridized carbons (Fsp3) is 1.00. The minimum atomic E-state index is 0.429. The topological polar surface area (TPSA) is 9.23 Å². The molecule has 0 aromatic heterocycles. The minimum Gasteiger partial charge on any atom is -0.383 e. The molecular formula is C8H15ClOSi. The quantitative estimate of drug-likeness (QED) is 0.376. The first kappa shape index (κ1) is 9.55. The van der Waals surface area contributed by atoms with Gasteiger partial charge in [-0.05, 0) is 18.8 Å². The van der Waals surface area contributed by atoms with Gasteiger partial charge in [0.25, 0.3) is 0 Å². The van der Waals surface area contributed by atoms with Gasteiger partial charge >= 0.3 is 0 Å². The van der Waals surface area contributed by atoms with Crippen LogP contribution in [0.15, 0.2) is 0 Å². The second kappa shape index (κ2) is 6.04. The molecule has 0 aromatic carbocycles. The maximum atomic E-state index is 5.52. The SMILES string of the molecule is Cl[Si]COCC1CCCCC1. The van der Waals surface area contributed by atoms with Crippen molar-refractivity contribution in [1.82, 2.24) is 0 Å². The molecule has 0 bridgehead atoms. The van der Waals surface area contributed by atoms with E-state index in [1.54, 1.807) is 0 Å². The molecule has 0 aromatic rings. The van der Waals surface area contributed by atoms with Crippen molar-refractivity contribution in [3.63, 3.8) is 0 Å². The maximum absolute atomic E-state index is 5.52. The van der Waals surface area contributed by atoms with E-state index in [9.17, 15) is 0 Å². The van der Waals surface area contributed by atoms with Crippen molar-refractivity contribution in [1.29, 1.82) is 0 Å². The summed E-state index contributed by atoms with van der Waals surface area (Å²) in [6.07, 6.45) is 7.71. The van der Waals surface area contributed by atoms with Crippen molar-refractivity contribution < 1.29 is 4.74 Å². The Labute approximate surface area is 76.0 Å². The van der Waals surface area contributed by atoms with Crippen LogP contribution in [0.1, 0.15) is 32.1 Å². The summed E-state index contributed by atoms with van der Waals surface area (Å²) < 4.78 is 5.40. The first-order chi connectivity index (χ1) is 5.43. The van der Waals surface area contributed by atoms with Crippen LogP contribution in [0.5, 0.6) is 0 Å². The summed E-state index contributed by atoms with van der Waals surface area (Å²) >= 11 is 5.52. The standard InChI is InChI=1S/C8H15ClOSi/c9-11-7-10-6-8-4-2-1-3-5-8/h8H,1-7H2. The Morgan fingerprint density at radius 2 is 2.00 bits per heavy atom. The number of hydrogen-bond acceptors (Lipinski definition) is 1. The number of ether oxygens (including phenoxy) is 1. The fourth-order valence-corrected chi connectivity index (χ4v) is 2.04. The zero-order valence-corrected chi connectivity index (χ0v) is 8.57. The van der Waals surface area contributed by atoms with Crippen LogP contribution in [0.4, 0.5) is 0 Å². The van der Waals surface area contributed by atoms with E-state index in [4.69, 9.17) is 15.8 Å². The molecule has 2 radical (unpaired) electrons. The molecule has 0 atom stereocenters. The normalized spacial score (nSPS) is 20.5. The first-order valence-corrected chi connectivity index (χ1v) is 6.56. The zero-order chi connectivity index (χ0) is 7.94. The Bertz CT molecular complexity index is 94.1. The molecule has 0 amide bonds. The highest BCUT2D eigenvalue weighted by Gasteiger charge is 2.12. The monoisotopic (exact) mass is 190 g/mol. The molecule has 1 aliphatic carbocycles. The van der Waals surface area contributed by atoms with Gasteiger partial charge in [0.05, 0.1) is 6.23 Å². The summed E-state index contributed by atoms with van der Waals surface area (Å²) in [5, 5.41) is 0. The van der Waals surface area contributed by atoms with Crippen LogP contribution in [-0.4, -0.2) is 21.7 Å². The average Bonchev–Trinajstić information content (AvgIpc) is 2.07. The third-order valence-electron chi connectivity index (χ3n) is 2.23. The zero-order valence-electron chi connectivity index (χ0n) is 6.81. The predicted octanol–water partition coefficient (Wildman–Crippen LogP) is 2.40. The van der Waals surface area contributed by atoms with Crippen LogP contribution in [0.2, 0.25) is 0 Å². The van der Waals surface area contributed by atoms with Gasteiger partial charge in [0, 0.05) is 6.61 Å². The highest BCUT2D eigenvalue weighted by molar-refractivity contribution is 6.93. The third-order valence-corrected chi connectivity index (χ3v) is 2.88. The van der Waals surface area contributed by atoms with E-state index in [-0.39, 0.29) is 0 Å². The second-order valence-corrected chi connectivity index (χ2v) is 4.51. The molecule has 0 spiro atoms. The van der Waals surface area contributed by atoms with Crippen molar-refractivity contribution in [2.45, 2.75) is 32.1 Å². The van der Waals surface area contributed by atoms with E-state index >= 15 is 0 Å². The van der Waals surface area contributed by atoms with Gasteiger partial charge in [0.1, 0.15) is 0 Å². The third kappa shape index (κ3) is 4.14. The first-order valence-electron chi connectivity index (χ1n) is 4.34. The summed E-state index contributed by atoms with van der Waals surface area (Å²) in [7, 11) is 0.429. The molecule has 0 aliphatic heterocycles. The van der Waals surface area contributed by atoms with Crippen molar-refractivity contribution in [3.8, 4) is 0 Å². The molecular weight excluding hydrogens is 176 g/mol. The van der Waals surface area contributed by atoms with Crippen molar-refractivity contribution in [2.75, 3.05) is 12.8 Å². The van der Waals surface area contributed by atoms with E-state index in [1.165, 1.54) is 32.1 Å². The highest BCUT2D eigenvalue weighted by Crippen LogP contribution is 2.23. The second-order valence-electron chi connectivity index (χ2n) is 3.15. The number of halogens is 1. The van der Waals surface area contributed by atoms with E-state index in [0.717, 1.165) is 18.8 Å². The lowest BCUT2D eigenvalue weighted by molar-refractivity contribution is 0.117. The van der Waals surface area contributed by atoms with Gasteiger partial charge in [-0.25, -0.2) is 0 Å². The van der Waals surface area contributed by atoms with Gasteiger partial charge in [0.2, 0.25) is 8.83 Å². The van der Waals surface area contributed by atoms with E-state index < -0.39 is 0 Å². The molecule has 1 aliphatic rings. The van der Waals surface area contributed by atoms with E-state index in [0.29, 0.717) is 8.83 Å². The lowest BCUT2D eigenvalue weighted by Crippen LogP contribution is -2.14. The Balaban J connectivity index is 1.96. The molecule has 0 N–H and O–H groups in total. The average molecular weight is 191 g/mol. The smallest absolute Gasteiger partial charge is 0.202 e. The molecule has 1 fully saturated rings. The molecule has 0 unspecified atom stereocenters. The fourth-order valence-electron chi connectivity index (χ4n) is 1.62. The lowest BCUT2D eigenvalue weighted by atomic mass is 9.90. The van der Waals surface area contributed by atoms with Crippen LogP contribution in [0.25, 0.3) is 0 Å². The summed E-state index contributed by atoms with van der Waals surface area (Å²) in [4.78, 5) is 0. The largest absolute Gasteiger partial charge is 0.383 e. The molecule has 1 saturated carbocycles. The Hall–Kier alpha value is 0.467. The molecule has 64 valence electrons.